The number of aliphatic imine (C=N–C) groups is 1. The normalized spacial score (nSPS) is 12.6. The van der Waals surface area contributed by atoms with Crippen LogP contribution in [0.3, 0.4) is 0 Å². The maximum Gasteiger partial charge on any atom is 0.289 e. The minimum absolute atomic E-state index is 0.00525. The first-order chi connectivity index (χ1) is 15.1. The van der Waals surface area contributed by atoms with E-state index in [1.165, 1.54) is 24.3 Å². The van der Waals surface area contributed by atoms with Crippen molar-refractivity contribution in [2.24, 2.45) is 16.5 Å². The molecule has 2 aromatic rings. The van der Waals surface area contributed by atoms with Crippen LogP contribution >= 0.6 is 0 Å². The van der Waals surface area contributed by atoms with E-state index in [0.29, 0.717) is 11.5 Å². The van der Waals surface area contributed by atoms with E-state index in [9.17, 15) is 28.5 Å². The molecule has 172 valence electrons. The van der Waals surface area contributed by atoms with Crippen LogP contribution in [-0.2, 0) is 14.8 Å². The van der Waals surface area contributed by atoms with Gasteiger partial charge in [-0.25, -0.2) is 15.1 Å². The van der Waals surface area contributed by atoms with Crippen LogP contribution in [0, 0.1) is 10.1 Å². The first kappa shape index (κ1) is 24.5. The summed E-state index contributed by atoms with van der Waals surface area (Å²) in [6.07, 6.45) is 0.108. The number of nitrogens with zero attached hydrogens (tertiary/aromatic N) is 3. The number of nitrogens with two attached hydrogens (primary N) is 2. The van der Waals surface area contributed by atoms with Crippen molar-refractivity contribution in [2.45, 2.75) is 23.8 Å². The maximum atomic E-state index is 12.5. The number of amides is 1. The molecule has 0 aromatic heterocycles. The summed E-state index contributed by atoms with van der Waals surface area (Å²) in [5.74, 6) is -0.765. The number of carbonyl (C=O) groups is 1. The highest BCUT2D eigenvalue weighted by Gasteiger charge is 2.31. The third-order valence-corrected chi connectivity index (χ3v) is 5.50. The van der Waals surface area contributed by atoms with Crippen LogP contribution in [0.15, 0.2) is 64.5 Å². The molecule has 0 heterocycles. The number of nitro groups is 1. The third-order valence-electron chi connectivity index (χ3n) is 4.00. The number of rotatable bonds is 10. The molecule has 2 aromatic carbocycles. The molecule has 0 fully saturated rings. The largest absolute Gasteiger partial charge is 0.457 e. The molecule has 0 saturated carbocycles. The van der Waals surface area contributed by atoms with E-state index in [4.69, 9.17) is 16.2 Å². The Morgan fingerprint density at radius 3 is 2.38 bits per heavy atom. The zero-order valence-electron chi connectivity index (χ0n) is 16.7. The summed E-state index contributed by atoms with van der Waals surface area (Å²) >= 11 is 0. The fourth-order valence-electron chi connectivity index (χ4n) is 2.43. The van der Waals surface area contributed by atoms with Gasteiger partial charge in [0.15, 0.2) is 5.03 Å². The van der Waals surface area contributed by atoms with E-state index in [-0.39, 0.29) is 24.3 Å². The first-order valence-corrected chi connectivity index (χ1v) is 10.6. The first-order valence-electron chi connectivity index (χ1n) is 9.19. The number of ether oxygens (including phenoxy) is 1. The second-order valence-corrected chi connectivity index (χ2v) is 8.12. The zero-order valence-corrected chi connectivity index (χ0v) is 17.5. The Bertz CT molecular complexity index is 1060. The summed E-state index contributed by atoms with van der Waals surface area (Å²) in [5.41, 5.74) is 12.5. The smallest absolute Gasteiger partial charge is 0.289 e. The highest BCUT2D eigenvalue weighted by Crippen LogP contribution is 2.24. The summed E-state index contributed by atoms with van der Waals surface area (Å²) < 4.78 is 30.2. The van der Waals surface area contributed by atoms with E-state index < -0.39 is 37.4 Å². The van der Waals surface area contributed by atoms with Crippen LogP contribution < -0.4 is 21.6 Å². The van der Waals surface area contributed by atoms with E-state index in [0.717, 1.165) is 0 Å². The number of benzene rings is 2. The van der Waals surface area contributed by atoms with E-state index in [1.807, 2.05) is 6.07 Å². The summed E-state index contributed by atoms with van der Waals surface area (Å²) in [6, 6.07) is 12.6. The molecule has 0 aliphatic rings. The topological polar surface area (TPSA) is 203 Å². The predicted molar refractivity (Wildman–Crippen MR) is 113 cm³/mol. The lowest BCUT2D eigenvalue weighted by molar-refractivity contribution is -0.525. The summed E-state index contributed by atoms with van der Waals surface area (Å²) in [5, 5.41) is 19.3. The summed E-state index contributed by atoms with van der Waals surface area (Å²) in [7, 11) is -4.56. The number of hydrogen-bond acceptors (Lipinski definition) is 9. The molecule has 13 nitrogen and oxygen atoms in total. The van der Waals surface area contributed by atoms with Gasteiger partial charge in [-0.15, -0.1) is 4.47 Å². The van der Waals surface area contributed by atoms with Crippen LogP contribution in [-0.4, -0.2) is 47.6 Å². The Hall–Kier alpha value is -3.75. The van der Waals surface area contributed by atoms with Gasteiger partial charge in [0.2, 0.25) is 0 Å². The van der Waals surface area contributed by atoms with Gasteiger partial charge in [-0.3, -0.25) is 10.0 Å². The SMILES string of the molecule is NC(=NCCC[C@@H](N)C(=O)N(O)S(=O)(=O)c1ccc(Oc2ccccc2)cc1)N[N+](=O)[O-]. The van der Waals surface area contributed by atoms with Gasteiger partial charge in [-0.1, -0.05) is 23.6 Å². The second kappa shape index (κ2) is 11.0. The molecule has 0 aliphatic heterocycles. The molecule has 0 unspecified atom stereocenters. The number of hydrazine groups is 1. The van der Waals surface area contributed by atoms with Crippen molar-refractivity contribution in [2.75, 3.05) is 6.54 Å². The third kappa shape index (κ3) is 6.90. The number of nitrogens with one attached hydrogen (secondary N) is 1. The molecule has 0 aliphatic carbocycles. The lowest BCUT2D eigenvalue weighted by Crippen LogP contribution is -2.45. The predicted octanol–water partition coefficient (Wildman–Crippen LogP) is 0.589. The van der Waals surface area contributed by atoms with Gasteiger partial charge < -0.3 is 16.2 Å². The fourth-order valence-corrected chi connectivity index (χ4v) is 3.48. The molecule has 1 atom stereocenters. The average Bonchev–Trinajstić information content (AvgIpc) is 2.76. The van der Waals surface area contributed by atoms with Gasteiger partial charge in [0, 0.05) is 6.54 Å². The Kier molecular flexibility index (Phi) is 8.46. The van der Waals surface area contributed by atoms with Crippen molar-refractivity contribution in [1.82, 2.24) is 9.89 Å². The minimum Gasteiger partial charge on any atom is -0.457 e. The highest BCUT2D eigenvalue weighted by atomic mass is 32.2. The Labute approximate surface area is 183 Å². The number of sulfonamides is 1. The Balaban J connectivity index is 1.95. The number of hydrogen-bond donors (Lipinski definition) is 4. The fraction of sp³-hybridized carbons (Fsp3) is 0.222. The standard InChI is InChI=1S/C18H22N6O7S/c19-16(7-4-12-21-18(20)22-24(27)28)17(25)23(26)32(29,30)15-10-8-14(9-11-15)31-13-5-2-1-3-6-13/h1-3,5-6,8-11,16,26H,4,7,12,19H2,(H3,20,21,22)/t16-/m1/s1. The van der Waals surface area contributed by atoms with Gasteiger partial charge in [0.25, 0.3) is 21.9 Å². The van der Waals surface area contributed by atoms with Gasteiger partial charge in [0.1, 0.15) is 11.5 Å². The minimum atomic E-state index is -4.56. The highest BCUT2D eigenvalue weighted by molar-refractivity contribution is 7.89. The Morgan fingerprint density at radius 2 is 1.78 bits per heavy atom. The van der Waals surface area contributed by atoms with Crippen LogP contribution in [0.4, 0.5) is 0 Å². The van der Waals surface area contributed by atoms with Gasteiger partial charge in [0.05, 0.1) is 10.9 Å². The van der Waals surface area contributed by atoms with Crippen molar-refractivity contribution in [3.63, 3.8) is 0 Å². The maximum absolute atomic E-state index is 12.5. The van der Waals surface area contributed by atoms with Crippen molar-refractivity contribution >= 4 is 21.9 Å². The second-order valence-electron chi connectivity index (χ2n) is 6.36. The van der Waals surface area contributed by atoms with Crippen molar-refractivity contribution < 1.29 is 28.2 Å². The van der Waals surface area contributed by atoms with Crippen molar-refractivity contribution in [3.05, 3.63) is 64.7 Å². The average molecular weight is 466 g/mol. The number of carbonyl (C=O) groups excluding carboxylic acids is 1. The van der Waals surface area contributed by atoms with Gasteiger partial charge >= 0.3 is 0 Å². The molecule has 2 rings (SSSR count). The van der Waals surface area contributed by atoms with Crippen LogP contribution in [0.1, 0.15) is 12.8 Å². The zero-order chi connectivity index (χ0) is 23.7. The molecule has 0 radical (unpaired) electrons. The molecular formula is C18H22N6O7S. The summed E-state index contributed by atoms with van der Waals surface area (Å²) in [4.78, 5) is 25.7. The quantitative estimate of drug-likeness (QED) is 0.0957. The molecule has 1 amide bonds. The van der Waals surface area contributed by atoms with Crippen LogP contribution in [0.2, 0.25) is 0 Å². The van der Waals surface area contributed by atoms with Crippen molar-refractivity contribution in [1.29, 1.82) is 0 Å². The lowest BCUT2D eigenvalue weighted by atomic mass is 10.1. The van der Waals surface area contributed by atoms with E-state index in [1.54, 1.807) is 29.7 Å². The van der Waals surface area contributed by atoms with Crippen LogP contribution in [0.5, 0.6) is 11.5 Å². The summed E-state index contributed by atoms with van der Waals surface area (Å²) in [6.45, 7) is -0.00525. The molecule has 32 heavy (non-hydrogen) atoms. The number of hydroxylamine groups is 1. The van der Waals surface area contributed by atoms with Gasteiger partial charge in [-0.05, 0) is 49.2 Å². The molecule has 14 heteroatoms. The molecule has 0 bridgehead atoms. The molecular weight excluding hydrogens is 444 g/mol. The monoisotopic (exact) mass is 466 g/mol. The van der Waals surface area contributed by atoms with Crippen molar-refractivity contribution in [3.8, 4) is 11.5 Å². The Morgan fingerprint density at radius 1 is 1.19 bits per heavy atom. The van der Waals surface area contributed by atoms with E-state index in [2.05, 4.69) is 4.99 Å². The molecule has 0 saturated heterocycles. The molecule has 6 N–H and O–H groups in total. The lowest BCUT2D eigenvalue weighted by Gasteiger charge is -2.19. The van der Waals surface area contributed by atoms with Crippen LogP contribution in [0.25, 0.3) is 0 Å². The van der Waals surface area contributed by atoms with E-state index >= 15 is 0 Å². The number of para-hydroxylation sites is 1. The number of guanidine groups is 1. The van der Waals surface area contributed by atoms with Gasteiger partial charge in [-0.2, -0.15) is 8.42 Å². The molecule has 0 spiro atoms.